The zero-order valence-corrected chi connectivity index (χ0v) is 16.7. The van der Waals surface area contributed by atoms with Gasteiger partial charge in [-0.1, -0.05) is 24.3 Å². The van der Waals surface area contributed by atoms with Gasteiger partial charge in [0.1, 0.15) is 17.3 Å². The first kappa shape index (κ1) is 20.6. The summed E-state index contributed by atoms with van der Waals surface area (Å²) in [6.45, 7) is 0. The number of amides is 2. The van der Waals surface area contributed by atoms with E-state index in [1.54, 1.807) is 25.3 Å². The Labute approximate surface area is 171 Å². The van der Waals surface area contributed by atoms with Crippen molar-refractivity contribution in [1.82, 2.24) is 15.6 Å². The van der Waals surface area contributed by atoms with Crippen molar-refractivity contribution in [3.8, 4) is 5.75 Å². The van der Waals surface area contributed by atoms with Crippen LogP contribution in [0.2, 0.25) is 0 Å². The summed E-state index contributed by atoms with van der Waals surface area (Å²) in [5.74, 6) is 0.910. The highest BCUT2D eigenvalue weighted by atomic mass is 16.5. The van der Waals surface area contributed by atoms with Gasteiger partial charge >= 0.3 is 0 Å². The summed E-state index contributed by atoms with van der Waals surface area (Å²) in [6, 6.07) is 12.8. The number of aromatic nitrogens is 1. The largest absolute Gasteiger partial charge is 0.496 e. The summed E-state index contributed by atoms with van der Waals surface area (Å²) in [4.78, 5) is 28.9. The summed E-state index contributed by atoms with van der Waals surface area (Å²) in [5.41, 5.74) is 6.98. The fourth-order valence-corrected chi connectivity index (χ4v) is 3.75. The number of para-hydroxylation sites is 1. The Morgan fingerprint density at radius 3 is 2.62 bits per heavy atom. The van der Waals surface area contributed by atoms with Crippen molar-refractivity contribution in [2.45, 2.75) is 50.6 Å². The second-order valence-corrected chi connectivity index (χ2v) is 7.36. The summed E-state index contributed by atoms with van der Waals surface area (Å²) < 4.78 is 5.34. The lowest BCUT2D eigenvalue weighted by Gasteiger charge is -2.30. The van der Waals surface area contributed by atoms with Crippen molar-refractivity contribution in [3.63, 3.8) is 0 Å². The molecule has 0 spiro atoms. The Bertz CT molecular complexity index is 855. The number of anilines is 1. The molecule has 1 aromatic heterocycles. The number of benzene rings is 1. The SMILES string of the molecule is COc1ccccc1CCC(=O)N[C@@H]1CCC[C@H](NC(=O)c2cccc(N)n2)C1. The molecule has 1 fully saturated rings. The molecular weight excluding hydrogens is 368 g/mol. The molecule has 7 heteroatoms. The van der Waals surface area contributed by atoms with Crippen molar-refractivity contribution < 1.29 is 14.3 Å². The number of carbonyl (C=O) groups excluding carboxylic acids is 2. The Hall–Kier alpha value is -3.09. The average Bonchev–Trinajstić information content (AvgIpc) is 2.72. The lowest BCUT2D eigenvalue weighted by atomic mass is 9.90. The predicted octanol–water partition coefficient (Wildman–Crippen LogP) is 2.46. The minimum atomic E-state index is -0.231. The number of rotatable bonds is 7. The molecule has 1 aromatic carbocycles. The highest BCUT2D eigenvalue weighted by Gasteiger charge is 2.25. The van der Waals surface area contributed by atoms with Crippen LogP contribution >= 0.6 is 0 Å². The van der Waals surface area contributed by atoms with E-state index in [0.29, 0.717) is 30.8 Å². The van der Waals surface area contributed by atoms with Crippen LogP contribution in [0.5, 0.6) is 5.75 Å². The second-order valence-electron chi connectivity index (χ2n) is 7.36. The Balaban J connectivity index is 1.47. The first-order valence-corrected chi connectivity index (χ1v) is 10.00. The van der Waals surface area contributed by atoms with E-state index < -0.39 is 0 Å². The van der Waals surface area contributed by atoms with Crippen LogP contribution in [0.15, 0.2) is 42.5 Å². The number of hydrogen-bond acceptors (Lipinski definition) is 5. The number of ether oxygens (including phenoxy) is 1. The van der Waals surface area contributed by atoms with Crippen molar-refractivity contribution in [1.29, 1.82) is 0 Å². The minimum Gasteiger partial charge on any atom is -0.496 e. The topological polar surface area (TPSA) is 106 Å². The number of methoxy groups -OCH3 is 1. The van der Waals surface area contributed by atoms with Gasteiger partial charge in [-0.15, -0.1) is 0 Å². The molecule has 154 valence electrons. The molecule has 0 radical (unpaired) electrons. The van der Waals surface area contributed by atoms with Crippen LogP contribution in [0.1, 0.15) is 48.2 Å². The van der Waals surface area contributed by atoms with Crippen molar-refractivity contribution in [3.05, 3.63) is 53.7 Å². The van der Waals surface area contributed by atoms with Crippen LogP contribution in [0.4, 0.5) is 5.82 Å². The van der Waals surface area contributed by atoms with Gasteiger partial charge in [0.15, 0.2) is 0 Å². The van der Waals surface area contributed by atoms with E-state index in [9.17, 15) is 9.59 Å². The van der Waals surface area contributed by atoms with E-state index in [1.807, 2.05) is 24.3 Å². The summed E-state index contributed by atoms with van der Waals surface area (Å²) in [6.07, 6.45) is 4.51. The van der Waals surface area contributed by atoms with Crippen LogP contribution in [-0.2, 0) is 11.2 Å². The normalized spacial score (nSPS) is 18.7. The van der Waals surface area contributed by atoms with Gasteiger partial charge < -0.3 is 21.1 Å². The van der Waals surface area contributed by atoms with Crippen molar-refractivity contribution in [2.75, 3.05) is 12.8 Å². The number of carbonyl (C=O) groups is 2. The highest BCUT2D eigenvalue weighted by molar-refractivity contribution is 5.92. The molecule has 2 aromatic rings. The van der Waals surface area contributed by atoms with E-state index in [4.69, 9.17) is 10.5 Å². The van der Waals surface area contributed by atoms with Gasteiger partial charge in [-0.05, 0) is 55.9 Å². The van der Waals surface area contributed by atoms with Crippen LogP contribution in [0.3, 0.4) is 0 Å². The summed E-state index contributed by atoms with van der Waals surface area (Å²) >= 11 is 0. The molecular formula is C22H28N4O3. The maximum atomic E-state index is 12.4. The molecule has 29 heavy (non-hydrogen) atoms. The van der Waals surface area contributed by atoms with Gasteiger partial charge in [0.05, 0.1) is 7.11 Å². The zero-order valence-electron chi connectivity index (χ0n) is 16.7. The number of nitrogens with zero attached hydrogens (tertiary/aromatic N) is 1. The molecule has 1 aliphatic carbocycles. The van der Waals surface area contributed by atoms with Gasteiger partial charge in [0.2, 0.25) is 5.91 Å². The molecule has 1 saturated carbocycles. The molecule has 2 amide bonds. The van der Waals surface area contributed by atoms with E-state index >= 15 is 0 Å². The molecule has 2 atom stereocenters. The Kier molecular flexibility index (Phi) is 7.05. The predicted molar refractivity (Wildman–Crippen MR) is 112 cm³/mol. The van der Waals surface area contributed by atoms with Crippen molar-refractivity contribution >= 4 is 17.6 Å². The number of nitrogens with one attached hydrogen (secondary N) is 2. The lowest BCUT2D eigenvalue weighted by Crippen LogP contribution is -2.46. The Morgan fingerprint density at radius 2 is 1.86 bits per heavy atom. The van der Waals surface area contributed by atoms with Crippen LogP contribution in [0.25, 0.3) is 0 Å². The molecule has 0 bridgehead atoms. The molecule has 1 heterocycles. The standard InChI is InChI=1S/C22H28N4O3/c1-29-19-10-3-2-6-15(19)12-13-21(27)24-16-7-4-8-17(14-16)25-22(28)18-9-5-11-20(23)26-18/h2-3,5-6,9-11,16-17H,4,7-8,12-14H2,1H3,(H2,23,26)(H,24,27)(H,25,28)/t16-,17+/m1/s1. The van der Waals surface area contributed by atoms with Gasteiger partial charge in [0.25, 0.3) is 5.91 Å². The maximum Gasteiger partial charge on any atom is 0.270 e. The summed E-state index contributed by atoms with van der Waals surface area (Å²) in [7, 11) is 1.63. The molecule has 7 nitrogen and oxygen atoms in total. The second kappa shape index (κ2) is 9.91. The number of pyridine rings is 1. The molecule has 3 rings (SSSR count). The first-order chi connectivity index (χ1) is 14.0. The van der Waals surface area contributed by atoms with Crippen LogP contribution < -0.4 is 21.1 Å². The van der Waals surface area contributed by atoms with E-state index in [0.717, 1.165) is 30.6 Å². The third-order valence-corrected chi connectivity index (χ3v) is 5.19. The molecule has 0 saturated heterocycles. The highest BCUT2D eigenvalue weighted by Crippen LogP contribution is 2.21. The fraction of sp³-hybridized carbons (Fsp3) is 0.409. The lowest BCUT2D eigenvalue weighted by molar-refractivity contribution is -0.122. The maximum absolute atomic E-state index is 12.4. The van der Waals surface area contributed by atoms with Gasteiger partial charge in [-0.2, -0.15) is 0 Å². The van der Waals surface area contributed by atoms with Crippen molar-refractivity contribution in [2.24, 2.45) is 0 Å². The Morgan fingerprint density at radius 1 is 1.10 bits per heavy atom. The fourth-order valence-electron chi connectivity index (χ4n) is 3.75. The average molecular weight is 396 g/mol. The smallest absolute Gasteiger partial charge is 0.270 e. The quantitative estimate of drug-likeness (QED) is 0.667. The van der Waals surface area contributed by atoms with Gasteiger partial charge in [0, 0.05) is 18.5 Å². The third-order valence-electron chi connectivity index (χ3n) is 5.19. The van der Waals surface area contributed by atoms with E-state index in [-0.39, 0.29) is 23.9 Å². The number of hydrogen-bond donors (Lipinski definition) is 3. The first-order valence-electron chi connectivity index (χ1n) is 10.00. The number of nitrogen functional groups attached to an aromatic ring is 1. The monoisotopic (exact) mass is 396 g/mol. The number of aryl methyl sites for hydroxylation is 1. The van der Waals surface area contributed by atoms with E-state index in [2.05, 4.69) is 15.6 Å². The third kappa shape index (κ3) is 5.94. The van der Waals surface area contributed by atoms with E-state index in [1.165, 1.54) is 0 Å². The zero-order chi connectivity index (χ0) is 20.6. The summed E-state index contributed by atoms with van der Waals surface area (Å²) in [5, 5.41) is 6.13. The van der Waals surface area contributed by atoms with Gasteiger partial charge in [-0.3, -0.25) is 9.59 Å². The molecule has 0 unspecified atom stereocenters. The minimum absolute atomic E-state index is 0.0130. The molecule has 0 aliphatic heterocycles. The molecule has 1 aliphatic rings. The molecule has 4 N–H and O–H groups in total. The number of nitrogens with two attached hydrogens (primary N) is 1. The van der Waals surface area contributed by atoms with Gasteiger partial charge in [-0.25, -0.2) is 4.98 Å². The van der Waals surface area contributed by atoms with Crippen LogP contribution in [-0.4, -0.2) is 36.0 Å². The van der Waals surface area contributed by atoms with Crippen LogP contribution in [0, 0.1) is 0 Å².